The molecule has 1 aliphatic heterocycles. The fourth-order valence-electron chi connectivity index (χ4n) is 1.80. The van der Waals surface area contributed by atoms with Crippen LogP contribution in [0.4, 0.5) is 10.1 Å². The Morgan fingerprint density at radius 1 is 1.33 bits per heavy atom. The van der Waals surface area contributed by atoms with Gasteiger partial charge in [0.05, 0.1) is 5.69 Å². The van der Waals surface area contributed by atoms with E-state index < -0.39 is 0 Å². The normalized spacial score (nSPS) is 16.8. The lowest BCUT2D eigenvalue weighted by molar-refractivity contribution is 0.467. The van der Waals surface area contributed by atoms with E-state index in [1.165, 1.54) is 12.1 Å². The Morgan fingerprint density at radius 2 is 2.00 bits per heavy atom. The largest absolute Gasteiger partial charge is 0.508 e. The van der Waals surface area contributed by atoms with Gasteiger partial charge in [-0.25, -0.2) is 4.39 Å². The first-order chi connectivity index (χ1) is 7.18. The number of nitrogens with zero attached hydrogens (tertiary/aromatic N) is 1. The van der Waals surface area contributed by atoms with Crippen LogP contribution in [0.25, 0.3) is 0 Å². The Bertz CT molecular complexity index is 362. The molecule has 0 amide bonds. The van der Waals surface area contributed by atoms with Crippen molar-refractivity contribution in [1.29, 1.82) is 0 Å². The summed E-state index contributed by atoms with van der Waals surface area (Å²) in [5, 5.41) is 12.7. The maximum absolute atomic E-state index is 13.6. The first-order valence-electron chi connectivity index (χ1n) is 5.13. The third-order valence-corrected chi connectivity index (χ3v) is 2.72. The second-order valence-corrected chi connectivity index (χ2v) is 3.83. The topological polar surface area (TPSA) is 35.5 Å². The molecular weight excluding hydrogens is 195 g/mol. The van der Waals surface area contributed by atoms with E-state index in [9.17, 15) is 9.50 Å². The monoisotopic (exact) mass is 210 g/mol. The van der Waals surface area contributed by atoms with Gasteiger partial charge in [-0.15, -0.1) is 0 Å². The summed E-state index contributed by atoms with van der Waals surface area (Å²) < 4.78 is 13.6. The van der Waals surface area contributed by atoms with Crippen LogP contribution in [0.3, 0.4) is 0 Å². The van der Waals surface area contributed by atoms with Crippen LogP contribution in [-0.4, -0.2) is 31.3 Å². The average molecular weight is 210 g/mol. The molecule has 0 unspecified atom stereocenters. The molecule has 0 aliphatic carbocycles. The molecule has 0 radical (unpaired) electrons. The zero-order chi connectivity index (χ0) is 10.8. The molecule has 2 rings (SSSR count). The highest BCUT2D eigenvalue weighted by Gasteiger charge is 2.15. The highest BCUT2D eigenvalue weighted by molar-refractivity contribution is 5.54. The van der Waals surface area contributed by atoms with E-state index in [1.807, 2.05) is 4.90 Å². The van der Waals surface area contributed by atoms with E-state index >= 15 is 0 Å². The zero-order valence-corrected chi connectivity index (χ0v) is 8.76. The summed E-state index contributed by atoms with van der Waals surface area (Å²) in [6.45, 7) is 4.96. The second-order valence-electron chi connectivity index (χ2n) is 3.83. The third-order valence-electron chi connectivity index (χ3n) is 2.72. The Morgan fingerprint density at radius 3 is 2.67 bits per heavy atom. The van der Waals surface area contributed by atoms with Gasteiger partial charge in [-0.05, 0) is 18.6 Å². The molecule has 1 aromatic rings. The number of piperazine rings is 1. The minimum atomic E-state index is -0.257. The Kier molecular flexibility index (Phi) is 2.77. The first kappa shape index (κ1) is 10.2. The van der Waals surface area contributed by atoms with Crippen LogP contribution in [0, 0.1) is 12.7 Å². The molecule has 0 spiro atoms. The van der Waals surface area contributed by atoms with Crippen molar-refractivity contribution in [2.75, 3.05) is 31.1 Å². The lowest BCUT2D eigenvalue weighted by atomic mass is 10.1. The molecule has 82 valence electrons. The molecule has 0 aromatic heterocycles. The van der Waals surface area contributed by atoms with Crippen molar-refractivity contribution >= 4 is 5.69 Å². The van der Waals surface area contributed by atoms with E-state index in [4.69, 9.17) is 0 Å². The summed E-state index contributed by atoms with van der Waals surface area (Å²) in [6, 6.07) is 2.89. The fraction of sp³-hybridized carbons (Fsp3) is 0.455. The van der Waals surface area contributed by atoms with Gasteiger partial charge in [-0.2, -0.15) is 0 Å². The van der Waals surface area contributed by atoms with Crippen molar-refractivity contribution in [3.05, 3.63) is 23.5 Å². The summed E-state index contributed by atoms with van der Waals surface area (Å²) in [5.74, 6) is -0.0999. The molecule has 1 saturated heterocycles. The van der Waals surface area contributed by atoms with E-state index in [0.29, 0.717) is 11.3 Å². The van der Waals surface area contributed by atoms with Gasteiger partial charge in [-0.1, -0.05) is 0 Å². The summed E-state index contributed by atoms with van der Waals surface area (Å²) in [6.07, 6.45) is 0. The van der Waals surface area contributed by atoms with Gasteiger partial charge in [0.15, 0.2) is 0 Å². The van der Waals surface area contributed by atoms with Gasteiger partial charge in [-0.3, -0.25) is 0 Å². The van der Waals surface area contributed by atoms with Crippen molar-refractivity contribution < 1.29 is 9.50 Å². The minimum absolute atomic E-state index is 0.157. The van der Waals surface area contributed by atoms with Crippen LogP contribution in [-0.2, 0) is 0 Å². The van der Waals surface area contributed by atoms with E-state index in [-0.39, 0.29) is 11.6 Å². The standard InChI is InChI=1S/C11H15FN2O/c1-8-6-9(12)10(7-11(8)15)14-4-2-13-3-5-14/h6-7,13,15H,2-5H2,1H3. The average Bonchev–Trinajstić information content (AvgIpc) is 2.25. The van der Waals surface area contributed by atoms with Gasteiger partial charge in [0, 0.05) is 32.2 Å². The van der Waals surface area contributed by atoms with Gasteiger partial charge in [0.25, 0.3) is 0 Å². The lowest BCUT2D eigenvalue weighted by Crippen LogP contribution is -2.43. The van der Waals surface area contributed by atoms with E-state index in [0.717, 1.165) is 26.2 Å². The molecule has 2 N–H and O–H groups in total. The molecule has 3 nitrogen and oxygen atoms in total. The number of aromatic hydroxyl groups is 1. The maximum atomic E-state index is 13.6. The smallest absolute Gasteiger partial charge is 0.147 e. The van der Waals surface area contributed by atoms with E-state index in [1.54, 1.807) is 6.92 Å². The number of halogens is 1. The summed E-state index contributed by atoms with van der Waals surface area (Å²) in [4.78, 5) is 1.95. The predicted molar refractivity (Wildman–Crippen MR) is 57.9 cm³/mol. The molecule has 1 aromatic carbocycles. The molecule has 1 heterocycles. The number of rotatable bonds is 1. The number of phenols is 1. The van der Waals surface area contributed by atoms with Gasteiger partial charge < -0.3 is 15.3 Å². The zero-order valence-electron chi connectivity index (χ0n) is 8.76. The number of anilines is 1. The fourth-order valence-corrected chi connectivity index (χ4v) is 1.80. The molecule has 0 bridgehead atoms. The predicted octanol–water partition coefficient (Wildman–Crippen LogP) is 1.25. The van der Waals surface area contributed by atoms with Crippen molar-refractivity contribution in [2.24, 2.45) is 0 Å². The SMILES string of the molecule is Cc1cc(F)c(N2CCNCC2)cc1O. The van der Waals surface area contributed by atoms with Crippen LogP contribution in [0.1, 0.15) is 5.56 Å². The molecule has 0 atom stereocenters. The highest BCUT2D eigenvalue weighted by Crippen LogP contribution is 2.27. The highest BCUT2D eigenvalue weighted by atomic mass is 19.1. The van der Waals surface area contributed by atoms with Gasteiger partial charge in [0.2, 0.25) is 0 Å². The van der Waals surface area contributed by atoms with E-state index in [2.05, 4.69) is 5.32 Å². The Hall–Kier alpha value is -1.29. The number of hydrogen-bond acceptors (Lipinski definition) is 3. The minimum Gasteiger partial charge on any atom is -0.508 e. The lowest BCUT2D eigenvalue weighted by Gasteiger charge is -2.29. The van der Waals surface area contributed by atoms with Gasteiger partial charge in [0.1, 0.15) is 11.6 Å². The van der Waals surface area contributed by atoms with Crippen LogP contribution < -0.4 is 10.2 Å². The van der Waals surface area contributed by atoms with Crippen LogP contribution >= 0.6 is 0 Å². The number of aryl methyl sites for hydroxylation is 1. The number of hydrogen-bond donors (Lipinski definition) is 2. The van der Waals surface area contributed by atoms with Crippen molar-refractivity contribution in [3.63, 3.8) is 0 Å². The molecule has 1 fully saturated rings. The number of phenolic OH excluding ortho intramolecular Hbond substituents is 1. The third kappa shape index (κ3) is 2.04. The second kappa shape index (κ2) is 4.06. The molecule has 0 saturated carbocycles. The van der Waals surface area contributed by atoms with Crippen molar-refractivity contribution in [2.45, 2.75) is 6.92 Å². The van der Waals surface area contributed by atoms with Crippen LogP contribution in [0.2, 0.25) is 0 Å². The molecular formula is C11H15FN2O. The maximum Gasteiger partial charge on any atom is 0.147 e. The van der Waals surface area contributed by atoms with Gasteiger partial charge >= 0.3 is 0 Å². The molecule has 4 heteroatoms. The number of benzene rings is 1. The van der Waals surface area contributed by atoms with Crippen LogP contribution in [0.5, 0.6) is 5.75 Å². The van der Waals surface area contributed by atoms with Crippen LogP contribution in [0.15, 0.2) is 12.1 Å². The van der Waals surface area contributed by atoms with Crippen molar-refractivity contribution in [1.82, 2.24) is 5.32 Å². The van der Waals surface area contributed by atoms with Crippen molar-refractivity contribution in [3.8, 4) is 5.75 Å². The summed E-state index contributed by atoms with van der Waals surface area (Å²) in [7, 11) is 0. The quantitative estimate of drug-likeness (QED) is 0.732. The Balaban J connectivity index is 2.30. The Labute approximate surface area is 88.5 Å². The summed E-state index contributed by atoms with van der Waals surface area (Å²) in [5.41, 5.74) is 1.07. The molecule has 1 aliphatic rings. The summed E-state index contributed by atoms with van der Waals surface area (Å²) >= 11 is 0. The molecule has 15 heavy (non-hydrogen) atoms. The first-order valence-corrected chi connectivity index (χ1v) is 5.13. The number of nitrogens with one attached hydrogen (secondary N) is 1.